The SMILES string of the molecule is CCOc1ccc(S(=O)(=O)N/N=C(/C)c2ccc(Cl)c(Cl)c2Cl)cc1. The van der Waals surface area contributed by atoms with Gasteiger partial charge in [-0.1, -0.05) is 40.9 Å². The zero-order valence-electron chi connectivity index (χ0n) is 13.4. The van der Waals surface area contributed by atoms with Crippen molar-refractivity contribution in [2.45, 2.75) is 18.7 Å². The lowest BCUT2D eigenvalue weighted by atomic mass is 10.1. The van der Waals surface area contributed by atoms with E-state index >= 15 is 0 Å². The molecule has 0 aliphatic carbocycles. The van der Waals surface area contributed by atoms with Crippen molar-refractivity contribution in [3.63, 3.8) is 0 Å². The first-order valence-electron chi connectivity index (χ1n) is 7.19. The van der Waals surface area contributed by atoms with Crippen molar-refractivity contribution >= 4 is 50.5 Å². The van der Waals surface area contributed by atoms with Crippen LogP contribution in [0.2, 0.25) is 15.1 Å². The first-order chi connectivity index (χ1) is 11.8. The van der Waals surface area contributed by atoms with Crippen LogP contribution in [0.25, 0.3) is 0 Å². The van der Waals surface area contributed by atoms with E-state index < -0.39 is 10.0 Å². The van der Waals surface area contributed by atoms with Gasteiger partial charge in [0.05, 0.1) is 32.3 Å². The highest BCUT2D eigenvalue weighted by molar-refractivity contribution is 7.89. The molecule has 2 rings (SSSR count). The fourth-order valence-electron chi connectivity index (χ4n) is 1.93. The Kier molecular flexibility index (Phi) is 6.57. The Labute approximate surface area is 161 Å². The maximum absolute atomic E-state index is 12.3. The van der Waals surface area contributed by atoms with Gasteiger partial charge in [0.2, 0.25) is 0 Å². The van der Waals surface area contributed by atoms with Gasteiger partial charge in [0.1, 0.15) is 5.75 Å². The quantitative estimate of drug-likeness (QED) is 0.416. The molecule has 0 atom stereocenters. The van der Waals surface area contributed by atoms with Gasteiger partial charge in [0, 0.05) is 5.56 Å². The first kappa shape index (κ1) is 19.8. The van der Waals surface area contributed by atoms with E-state index in [9.17, 15) is 8.42 Å². The number of halogens is 3. The molecule has 0 bridgehead atoms. The van der Waals surface area contributed by atoms with Gasteiger partial charge in [-0.15, -0.1) is 0 Å². The fraction of sp³-hybridized carbons (Fsp3) is 0.188. The van der Waals surface area contributed by atoms with E-state index in [-0.39, 0.29) is 14.9 Å². The Morgan fingerprint density at radius 1 is 1.08 bits per heavy atom. The molecular formula is C16H15Cl3N2O3S. The molecule has 0 saturated heterocycles. The minimum Gasteiger partial charge on any atom is -0.494 e. The zero-order valence-corrected chi connectivity index (χ0v) is 16.5. The number of nitrogens with zero attached hydrogens (tertiary/aromatic N) is 1. The van der Waals surface area contributed by atoms with E-state index in [1.165, 1.54) is 12.1 Å². The molecule has 0 aliphatic heterocycles. The molecule has 2 aromatic rings. The number of hydrogen-bond acceptors (Lipinski definition) is 4. The van der Waals surface area contributed by atoms with Crippen LogP contribution in [0, 0.1) is 0 Å². The van der Waals surface area contributed by atoms with Crippen molar-refractivity contribution in [3.05, 3.63) is 57.0 Å². The third kappa shape index (κ3) is 4.79. The topological polar surface area (TPSA) is 67.8 Å². The summed E-state index contributed by atoms with van der Waals surface area (Å²) < 4.78 is 29.9. The fourth-order valence-corrected chi connectivity index (χ4v) is 3.46. The van der Waals surface area contributed by atoms with Crippen molar-refractivity contribution in [2.24, 2.45) is 5.10 Å². The number of sulfonamides is 1. The maximum Gasteiger partial charge on any atom is 0.276 e. The zero-order chi connectivity index (χ0) is 18.6. The van der Waals surface area contributed by atoms with Crippen LogP contribution >= 0.6 is 34.8 Å². The monoisotopic (exact) mass is 420 g/mol. The van der Waals surface area contributed by atoms with E-state index in [1.807, 2.05) is 6.92 Å². The third-order valence-corrected chi connectivity index (χ3v) is 5.72. The van der Waals surface area contributed by atoms with Gasteiger partial charge in [-0.25, -0.2) is 0 Å². The minimum absolute atomic E-state index is 0.0627. The molecule has 25 heavy (non-hydrogen) atoms. The summed E-state index contributed by atoms with van der Waals surface area (Å²) >= 11 is 18.0. The van der Waals surface area contributed by atoms with Crippen molar-refractivity contribution in [2.75, 3.05) is 6.61 Å². The van der Waals surface area contributed by atoms with Crippen molar-refractivity contribution in [1.29, 1.82) is 0 Å². The smallest absolute Gasteiger partial charge is 0.276 e. The van der Waals surface area contributed by atoms with Crippen LogP contribution in [0.1, 0.15) is 19.4 Å². The van der Waals surface area contributed by atoms with Crippen molar-refractivity contribution in [1.82, 2.24) is 4.83 Å². The molecule has 0 saturated carbocycles. The summed E-state index contributed by atoms with van der Waals surface area (Å²) in [7, 11) is -3.82. The van der Waals surface area contributed by atoms with Gasteiger partial charge in [-0.3, -0.25) is 0 Å². The minimum atomic E-state index is -3.82. The Morgan fingerprint density at radius 3 is 2.32 bits per heavy atom. The van der Waals surface area contributed by atoms with Gasteiger partial charge >= 0.3 is 0 Å². The summed E-state index contributed by atoms with van der Waals surface area (Å²) in [5.74, 6) is 0.587. The molecule has 0 spiro atoms. The van der Waals surface area contributed by atoms with Crippen LogP contribution in [-0.4, -0.2) is 20.7 Å². The Bertz CT molecular complexity index is 898. The van der Waals surface area contributed by atoms with Gasteiger partial charge in [-0.2, -0.15) is 18.4 Å². The second-order valence-corrected chi connectivity index (χ2v) is 7.74. The molecule has 9 heteroatoms. The Morgan fingerprint density at radius 2 is 1.72 bits per heavy atom. The predicted octanol–water partition coefficient (Wildman–Crippen LogP) is 4.75. The number of benzene rings is 2. The highest BCUT2D eigenvalue weighted by Gasteiger charge is 2.15. The van der Waals surface area contributed by atoms with Gasteiger partial charge in [0.25, 0.3) is 10.0 Å². The Hall–Kier alpha value is -1.47. The molecule has 2 aromatic carbocycles. The van der Waals surface area contributed by atoms with Crippen LogP contribution in [0.15, 0.2) is 46.4 Å². The number of ether oxygens (including phenoxy) is 1. The molecule has 134 valence electrons. The van der Waals surface area contributed by atoms with Crippen LogP contribution in [0.5, 0.6) is 5.75 Å². The van der Waals surface area contributed by atoms with E-state index in [4.69, 9.17) is 39.5 Å². The van der Waals surface area contributed by atoms with Crippen molar-refractivity contribution < 1.29 is 13.2 Å². The molecular weight excluding hydrogens is 407 g/mol. The highest BCUT2D eigenvalue weighted by atomic mass is 35.5. The van der Waals surface area contributed by atoms with E-state index in [0.29, 0.717) is 28.7 Å². The molecule has 5 nitrogen and oxygen atoms in total. The number of hydrogen-bond donors (Lipinski definition) is 1. The summed E-state index contributed by atoms with van der Waals surface area (Å²) in [4.78, 5) is 2.23. The van der Waals surface area contributed by atoms with Crippen LogP contribution in [0.4, 0.5) is 0 Å². The van der Waals surface area contributed by atoms with Gasteiger partial charge in [-0.05, 0) is 44.2 Å². The van der Waals surface area contributed by atoms with Crippen LogP contribution in [-0.2, 0) is 10.0 Å². The molecule has 0 unspecified atom stereocenters. The molecule has 1 N–H and O–H groups in total. The van der Waals surface area contributed by atoms with Crippen LogP contribution in [0.3, 0.4) is 0 Å². The molecule has 0 amide bonds. The number of nitrogens with one attached hydrogen (secondary N) is 1. The van der Waals surface area contributed by atoms with E-state index in [0.717, 1.165) is 0 Å². The highest BCUT2D eigenvalue weighted by Crippen LogP contribution is 2.32. The molecule has 0 heterocycles. The lowest BCUT2D eigenvalue weighted by molar-refractivity contribution is 0.340. The normalized spacial score (nSPS) is 12.1. The average Bonchev–Trinajstić information content (AvgIpc) is 2.59. The van der Waals surface area contributed by atoms with Crippen LogP contribution < -0.4 is 9.57 Å². The van der Waals surface area contributed by atoms with E-state index in [2.05, 4.69) is 9.93 Å². The molecule has 0 radical (unpaired) electrons. The van der Waals surface area contributed by atoms with Gasteiger partial charge in [0.15, 0.2) is 0 Å². The summed E-state index contributed by atoms with van der Waals surface area (Å²) in [6.45, 7) is 3.95. The Balaban J connectivity index is 2.23. The molecule has 0 aromatic heterocycles. The first-order valence-corrected chi connectivity index (χ1v) is 9.80. The second kappa shape index (κ2) is 8.27. The van der Waals surface area contributed by atoms with Gasteiger partial charge < -0.3 is 4.74 Å². The molecule has 0 fully saturated rings. The summed E-state index contributed by atoms with van der Waals surface area (Å²) in [5.41, 5.74) is 0.823. The number of rotatable bonds is 6. The summed E-state index contributed by atoms with van der Waals surface area (Å²) in [6, 6.07) is 9.19. The maximum atomic E-state index is 12.3. The van der Waals surface area contributed by atoms with E-state index in [1.54, 1.807) is 31.2 Å². The lowest BCUT2D eigenvalue weighted by Crippen LogP contribution is -2.20. The average molecular weight is 422 g/mol. The number of hydrazone groups is 1. The standard InChI is InChI=1S/C16H15Cl3N2O3S/c1-3-24-11-4-6-12(7-5-11)25(22,23)21-20-10(2)13-8-9-14(17)16(19)15(13)18/h4-9,21H,3H2,1-2H3/b20-10-. The summed E-state index contributed by atoms with van der Waals surface area (Å²) in [5, 5.41) is 4.59. The second-order valence-electron chi connectivity index (χ2n) is 4.92. The largest absolute Gasteiger partial charge is 0.494 e. The lowest BCUT2D eigenvalue weighted by Gasteiger charge is -2.09. The summed E-state index contributed by atoms with van der Waals surface area (Å²) in [6.07, 6.45) is 0. The van der Waals surface area contributed by atoms with Crippen molar-refractivity contribution in [3.8, 4) is 5.75 Å². The molecule has 0 aliphatic rings. The predicted molar refractivity (Wildman–Crippen MR) is 102 cm³/mol. The third-order valence-electron chi connectivity index (χ3n) is 3.20.